The van der Waals surface area contributed by atoms with Crippen molar-refractivity contribution in [3.05, 3.63) is 35.6 Å². The van der Waals surface area contributed by atoms with Crippen molar-refractivity contribution in [2.75, 3.05) is 20.3 Å². The molecule has 1 aromatic carbocycles. The number of methoxy groups -OCH3 is 1. The normalized spacial score (nSPS) is 28.5. The Hall–Kier alpha value is -0.930. The minimum absolute atomic E-state index is 0.0761. The molecule has 0 amide bonds. The Morgan fingerprint density at radius 1 is 1.53 bits per heavy atom. The molecule has 1 aliphatic heterocycles. The molecule has 1 saturated heterocycles. The Balaban J connectivity index is 1.94. The fourth-order valence-electron chi connectivity index (χ4n) is 2.74. The van der Waals surface area contributed by atoms with Crippen LogP contribution >= 0.6 is 0 Å². The van der Waals surface area contributed by atoms with Gasteiger partial charge in [-0.2, -0.15) is 0 Å². The van der Waals surface area contributed by atoms with Crippen molar-refractivity contribution in [2.24, 2.45) is 5.92 Å². The van der Waals surface area contributed by atoms with E-state index < -0.39 is 0 Å². The molecular formula is C14H20FNO. The van der Waals surface area contributed by atoms with Crippen molar-refractivity contribution in [3.8, 4) is 0 Å². The first-order valence-electron chi connectivity index (χ1n) is 6.10. The summed E-state index contributed by atoms with van der Waals surface area (Å²) in [6.45, 7) is 3.89. The maximum atomic E-state index is 13.1. The fraction of sp³-hybridized carbons (Fsp3) is 0.571. The van der Waals surface area contributed by atoms with Gasteiger partial charge in [0.25, 0.3) is 0 Å². The number of ether oxygens (including phenoxy) is 1. The molecule has 0 aromatic heterocycles. The lowest BCUT2D eigenvalue weighted by molar-refractivity contribution is 0.128. The number of nitrogens with one attached hydrogen (secondary N) is 1. The summed E-state index contributed by atoms with van der Waals surface area (Å²) in [6, 6.07) is 6.90. The number of hydrogen-bond donors (Lipinski definition) is 1. The summed E-state index contributed by atoms with van der Waals surface area (Å²) in [7, 11) is 1.73. The highest BCUT2D eigenvalue weighted by atomic mass is 19.1. The second-order valence-electron chi connectivity index (χ2n) is 5.28. The minimum Gasteiger partial charge on any atom is -0.383 e. The first kappa shape index (κ1) is 12.5. The summed E-state index contributed by atoms with van der Waals surface area (Å²) < 4.78 is 18.3. The van der Waals surface area contributed by atoms with E-state index in [4.69, 9.17) is 4.74 Å². The molecule has 1 aliphatic rings. The molecule has 3 heteroatoms. The van der Waals surface area contributed by atoms with Crippen LogP contribution in [0, 0.1) is 11.7 Å². The molecule has 2 unspecified atom stereocenters. The van der Waals surface area contributed by atoms with Gasteiger partial charge in [-0.1, -0.05) is 12.1 Å². The average molecular weight is 237 g/mol. The quantitative estimate of drug-likeness (QED) is 0.868. The minimum atomic E-state index is -0.145. The maximum absolute atomic E-state index is 13.1. The van der Waals surface area contributed by atoms with E-state index in [0.717, 1.165) is 31.6 Å². The smallest absolute Gasteiger partial charge is 0.123 e. The molecule has 17 heavy (non-hydrogen) atoms. The summed E-state index contributed by atoms with van der Waals surface area (Å²) in [6.07, 6.45) is 2.02. The summed E-state index contributed by atoms with van der Waals surface area (Å²) in [5.74, 6) is 0.421. The van der Waals surface area contributed by atoms with Gasteiger partial charge in [0.15, 0.2) is 0 Å². The van der Waals surface area contributed by atoms with E-state index in [2.05, 4.69) is 12.2 Å². The summed E-state index contributed by atoms with van der Waals surface area (Å²) in [5, 5.41) is 3.50. The van der Waals surface area contributed by atoms with Crippen molar-refractivity contribution < 1.29 is 9.13 Å². The number of hydrogen-bond acceptors (Lipinski definition) is 2. The van der Waals surface area contributed by atoms with E-state index in [1.54, 1.807) is 19.2 Å². The molecule has 2 nitrogen and oxygen atoms in total. The number of benzene rings is 1. The van der Waals surface area contributed by atoms with Gasteiger partial charge >= 0.3 is 0 Å². The van der Waals surface area contributed by atoms with Gasteiger partial charge in [0.05, 0.1) is 6.61 Å². The third-order valence-electron chi connectivity index (χ3n) is 3.43. The van der Waals surface area contributed by atoms with E-state index in [1.807, 2.05) is 6.07 Å². The maximum Gasteiger partial charge on any atom is 0.123 e. The van der Waals surface area contributed by atoms with Crippen molar-refractivity contribution in [1.82, 2.24) is 5.32 Å². The number of rotatable bonds is 4. The van der Waals surface area contributed by atoms with E-state index in [0.29, 0.717) is 5.92 Å². The summed E-state index contributed by atoms with van der Waals surface area (Å²) >= 11 is 0. The molecule has 2 rings (SSSR count). The zero-order valence-electron chi connectivity index (χ0n) is 10.5. The molecule has 2 atom stereocenters. The second-order valence-corrected chi connectivity index (χ2v) is 5.28. The van der Waals surface area contributed by atoms with Crippen LogP contribution in [0.1, 0.15) is 18.9 Å². The van der Waals surface area contributed by atoms with Gasteiger partial charge in [0.1, 0.15) is 5.82 Å². The lowest BCUT2D eigenvalue weighted by atomic mass is 9.91. The van der Waals surface area contributed by atoms with Gasteiger partial charge in [-0.15, -0.1) is 0 Å². The standard InChI is InChI=1S/C14H20FNO/c1-14(10-17-2)8-12(9-16-14)6-11-4-3-5-13(15)7-11/h3-5,7,12,16H,6,8-10H2,1-2H3. The van der Waals surface area contributed by atoms with Crippen LogP contribution in [0.3, 0.4) is 0 Å². The molecule has 94 valence electrons. The molecule has 1 heterocycles. The Kier molecular flexibility index (Phi) is 3.79. The van der Waals surface area contributed by atoms with Crippen LogP contribution in [-0.2, 0) is 11.2 Å². The highest BCUT2D eigenvalue weighted by molar-refractivity contribution is 5.17. The van der Waals surface area contributed by atoms with E-state index >= 15 is 0 Å². The lowest BCUT2D eigenvalue weighted by Gasteiger charge is -2.23. The molecule has 0 radical (unpaired) electrons. The summed E-state index contributed by atoms with van der Waals surface area (Å²) in [5.41, 5.74) is 1.16. The van der Waals surface area contributed by atoms with Crippen LogP contribution in [0.2, 0.25) is 0 Å². The van der Waals surface area contributed by atoms with Crippen LogP contribution in [0.15, 0.2) is 24.3 Å². The molecule has 0 bridgehead atoms. The third kappa shape index (κ3) is 3.27. The predicted octanol–water partition coefficient (Wildman–Crippen LogP) is 2.38. The Labute approximate surface area is 102 Å². The topological polar surface area (TPSA) is 21.3 Å². The first-order valence-corrected chi connectivity index (χ1v) is 6.10. The van der Waals surface area contributed by atoms with Crippen molar-refractivity contribution >= 4 is 0 Å². The Morgan fingerprint density at radius 2 is 2.35 bits per heavy atom. The van der Waals surface area contributed by atoms with E-state index in [1.165, 1.54) is 6.07 Å². The second kappa shape index (κ2) is 5.15. The molecular weight excluding hydrogens is 217 g/mol. The zero-order chi connectivity index (χ0) is 12.3. The highest BCUT2D eigenvalue weighted by Gasteiger charge is 2.34. The predicted molar refractivity (Wildman–Crippen MR) is 66.5 cm³/mol. The van der Waals surface area contributed by atoms with Crippen molar-refractivity contribution in [1.29, 1.82) is 0 Å². The molecule has 1 fully saturated rings. The van der Waals surface area contributed by atoms with Gasteiger partial charge < -0.3 is 10.1 Å². The molecule has 1 aromatic rings. The van der Waals surface area contributed by atoms with Crippen LogP contribution in [0.5, 0.6) is 0 Å². The zero-order valence-corrected chi connectivity index (χ0v) is 10.5. The van der Waals surface area contributed by atoms with E-state index in [9.17, 15) is 4.39 Å². The molecule has 1 N–H and O–H groups in total. The van der Waals surface area contributed by atoms with Crippen LogP contribution in [-0.4, -0.2) is 25.8 Å². The third-order valence-corrected chi connectivity index (χ3v) is 3.43. The number of halogens is 1. The molecule has 0 aliphatic carbocycles. The SMILES string of the molecule is COCC1(C)CC(Cc2cccc(F)c2)CN1. The largest absolute Gasteiger partial charge is 0.383 e. The van der Waals surface area contributed by atoms with Crippen LogP contribution in [0.25, 0.3) is 0 Å². The Bertz CT molecular complexity index is 382. The average Bonchev–Trinajstić information content (AvgIpc) is 2.60. The molecule has 0 saturated carbocycles. The Morgan fingerprint density at radius 3 is 3.06 bits per heavy atom. The summed E-state index contributed by atoms with van der Waals surface area (Å²) in [4.78, 5) is 0. The van der Waals surface area contributed by atoms with Crippen molar-refractivity contribution in [3.63, 3.8) is 0 Å². The van der Waals surface area contributed by atoms with Gasteiger partial charge in [-0.3, -0.25) is 0 Å². The first-order chi connectivity index (χ1) is 8.11. The monoisotopic (exact) mass is 237 g/mol. The van der Waals surface area contributed by atoms with Gasteiger partial charge in [-0.05, 0) is 49.9 Å². The fourth-order valence-corrected chi connectivity index (χ4v) is 2.74. The van der Waals surface area contributed by atoms with Gasteiger partial charge in [0, 0.05) is 12.6 Å². The van der Waals surface area contributed by atoms with Gasteiger partial charge in [-0.25, -0.2) is 4.39 Å². The van der Waals surface area contributed by atoms with Crippen molar-refractivity contribution in [2.45, 2.75) is 25.3 Å². The van der Waals surface area contributed by atoms with Gasteiger partial charge in [0.2, 0.25) is 0 Å². The van der Waals surface area contributed by atoms with Crippen LogP contribution < -0.4 is 5.32 Å². The lowest BCUT2D eigenvalue weighted by Crippen LogP contribution is -2.40. The highest BCUT2D eigenvalue weighted by Crippen LogP contribution is 2.27. The molecule has 0 spiro atoms. The van der Waals surface area contributed by atoms with Crippen LogP contribution in [0.4, 0.5) is 4.39 Å². The van der Waals surface area contributed by atoms with E-state index in [-0.39, 0.29) is 11.4 Å².